The number of β-amino-alcohol motifs (C(OH)–C–C–N with tert-alkyl or cyclic N) is 1. The summed E-state index contributed by atoms with van der Waals surface area (Å²) in [5.41, 5.74) is 3.25. The van der Waals surface area contributed by atoms with Crippen LogP contribution in [0.25, 0.3) is 0 Å². The molecular formula is C16H19BrN2O4. The van der Waals surface area contributed by atoms with Gasteiger partial charge in [-0.15, -0.1) is 0 Å². The number of hydrogen-bond donors (Lipinski definition) is 2. The second-order valence-electron chi connectivity index (χ2n) is 5.32. The zero-order valence-electron chi connectivity index (χ0n) is 13.3. The number of halogens is 1. The minimum Gasteiger partial charge on any atom is -0.466 e. The van der Waals surface area contributed by atoms with Gasteiger partial charge in [-0.25, -0.2) is 4.79 Å². The maximum atomic E-state index is 12.5. The number of amides is 1. The number of aryl methyl sites for hydroxylation is 1. The van der Waals surface area contributed by atoms with E-state index in [9.17, 15) is 9.59 Å². The second kappa shape index (κ2) is 7.14. The van der Waals surface area contributed by atoms with Crippen LogP contribution >= 0.6 is 15.9 Å². The highest BCUT2D eigenvalue weighted by Gasteiger charge is 2.34. The van der Waals surface area contributed by atoms with Crippen molar-refractivity contribution in [1.29, 1.82) is 0 Å². The number of nitrogens with zero attached hydrogens (tertiary/aromatic N) is 1. The van der Waals surface area contributed by atoms with E-state index in [1.807, 2.05) is 26.0 Å². The van der Waals surface area contributed by atoms with Crippen LogP contribution in [-0.4, -0.2) is 48.7 Å². The van der Waals surface area contributed by atoms with Gasteiger partial charge in [-0.05, 0) is 37.1 Å². The Kier molecular flexibility index (Phi) is 5.43. The molecule has 23 heavy (non-hydrogen) atoms. The number of carbonyl (C=O) groups is 2. The Morgan fingerprint density at radius 1 is 1.43 bits per heavy atom. The highest BCUT2D eigenvalue weighted by Crippen LogP contribution is 2.28. The summed E-state index contributed by atoms with van der Waals surface area (Å²) in [6.45, 7) is 4.03. The first-order valence-corrected chi connectivity index (χ1v) is 7.93. The van der Waals surface area contributed by atoms with Gasteiger partial charge in [0.25, 0.3) is 5.91 Å². The lowest BCUT2D eigenvalue weighted by Crippen LogP contribution is -2.31. The molecule has 7 heteroatoms. The number of methoxy groups -OCH3 is 1. The molecular weight excluding hydrogens is 364 g/mol. The van der Waals surface area contributed by atoms with Gasteiger partial charge >= 0.3 is 5.97 Å². The number of nitrogens with one attached hydrogen (secondary N) is 1. The predicted octanol–water partition coefficient (Wildman–Crippen LogP) is 1.74. The molecule has 0 aromatic heterocycles. The molecule has 6 nitrogen and oxygen atoms in total. The first-order valence-electron chi connectivity index (χ1n) is 7.14. The van der Waals surface area contributed by atoms with Crippen molar-refractivity contribution in [2.45, 2.75) is 13.8 Å². The Morgan fingerprint density at radius 3 is 2.74 bits per heavy atom. The van der Waals surface area contributed by atoms with Crippen molar-refractivity contribution in [2.24, 2.45) is 0 Å². The Labute approximate surface area is 143 Å². The number of hydrogen-bond acceptors (Lipinski definition) is 5. The minimum atomic E-state index is -0.550. The van der Waals surface area contributed by atoms with Gasteiger partial charge in [0, 0.05) is 16.7 Å². The third-order valence-corrected chi connectivity index (χ3v) is 4.30. The molecule has 0 aliphatic carbocycles. The van der Waals surface area contributed by atoms with Crippen LogP contribution in [0.15, 0.2) is 27.9 Å². The number of anilines is 1. The van der Waals surface area contributed by atoms with E-state index in [0.717, 1.165) is 21.3 Å². The summed E-state index contributed by atoms with van der Waals surface area (Å²) in [4.78, 5) is 25.9. The molecule has 0 fully saturated rings. The zero-order chi connectivity index (χ0) is 17.1. The van der Waals surface area contributed by atoms with Gasteiger partial charge in [-0.2, -0.15) is 0 Å². The molecule has 1 heterocycles. The average molecular weight is 383 g/mol. The maximum Gasteiger partial charge on any atom is 0.337 e. The van der Waals surface area contributed by atoms with Gasteiger partial charge in [0.15, 0.2) is 0 Å². The summed E-state index contributed by atoms with van der Waals surface area (Å²) >= 11 is 3.43. The monoisotopic (exact) mass is 382 g/mol. The van der Waals surface area contributed by atoms with E-state index in [-0.39, 0.29) is 36.9 Å². The first-order chi connectivity index (χ1) is 10.9. The topological polar surface area (TPSA) is 78.9 Å². The second-order valence-corrected chi connectivity index (χ2v) is 6.23. The lowest BCUT2D eigenvalue weighted by molar-refractivity contribution is -0.136. The molecule has 124 valence electrons. The van der Waals surface area contributed by atoms with Gasteiger partial charge in [-0.1, -0.05) is 15.9 Å². The average Bonchev–Trinajstić information content (AvgIpc) is 2.81. The van der Waals surface area contributed by atoms with Crippen molar-refractivity contribution in [3.63, 3.8) is 0 Å². The number of aliphatic hydroxyl groups is 1. The van der Waals surface area contributed by atoms with Crippen LogP contribution < -0.4 is 5.32 Å². The number of benzene rings is 1. The molecule has 0 spiro atoms. The molecule has 0 unspecified atom stereocenters. The smallest absolute Gasteiger partial charge is 0.337 e. The van der Waals surface area contributed by atoms with Crippen molar-refractivity contribution in [1.82, 2.24) is 4.90 Å². The van der Waals surface area contributed by atoms with Crippen LogP contribution in [0, 0.1) is 13.8 Å². The molecule has 2 rings (SSSR count). The Balaban J connectivity index is 2.41. The fourth-order valence-electron chi connectivity index (χ4n) is 2.43. The number of rotatable bonds is 5. The van der Waals surface area contributed by atoms with E-state index in [1.165, 1.54) is 12.0 Å². The van der Waals surface area contributed by atoms with Crippen LogP contribution in [0.3, 0.4) is 0 Å². The van der Waals surface area contributed by atoms with Crippen LogP contribution in [-0.2, 0) is 14.3 Å². The largest absolute Gasteiger partial charge is 0.466 e. The van der Waals surface area contributed by atoms with Gasteiger partial charge in [-0.3, -0.25) is 4.79 Å². The number of ether oxygens (including phenoxy) is 1. The summed E-state index contributed by atoms with van der Waals surface area (Å²) in [7, 11) is 1.28. The molecule has 0 atom stereocenters. The Bertz CT molecular complexity index is 685. The summed E-state index contributed by atoms with van der Waals surface area (Å²) in [6.07, 6.45) is 0. The van der Waals surface area contributed by atoms with Gasteiger partial charge < -0.3 is 20.1 Å². The summed E-state index contributed by atoms with van der Waals surface area (Å²) in [6, 6.07) is 3.83. The quantitative estimate of drug-likeness (QED) is 0.758. The third-order valence-electron chi connectivity index (χ3n) is 3.85. The summed E-state index contributed by atoms with van der Waals surface area (Å²) < 4.78 is 5.64. The van der Waals surface area contributed by atoms with E-state index in [4.69, 9.17) is 9.84 Å². The fraction of sp³-hybridized carbons (Fsp3) is 0.375. The lowest BCUT2D eigenvalue weighted by atomic mass is 10.1. The van der Waals surface area contributed by atoms with E-state index < -0.39 is 5.97 Å². The molecule has 0 radical (unpaired) electrons. The van der Waals surface area contributed by atoms with Gasteiger partial charge in [0.1, 0.15) is 5.70 Å². The predicted molar refractivity (Wildman–Crippen MR) is 89.9 cm³/mol. The van der Waals surface area contributed by atoms with Gasteiger partial charge in [0.2, 0.25) is 0 Å². The molecule has 0 saturated carbocycles. The van der Waals surface area contributed by atoms with Crippen LogP contribution in [0.1, 0.15) is 11.1 Å². The highest BCUT2D eigenvalue weighted by atomic mass is 79.9. The normalized spacial score (nSPS) is 14.5. The molecule has 0 bridgehead atoms. The zero-order valence-corrected chi connectivity index (χ0v) is 14.9. The maximum absolute atomic E-state index is 12.5. The number of aliphatic hydroxyl groups excluding tert-OH is 1. The van der Waals surface area contributed by atoms with Crippen molar-refractivity contribution in [2.75, 3.05) is 32.1 Å². The number of carbonyl (C=O) groups excluding carboxylic acids is 2. The molecule has 1 aliphatic heterocycles. The molecule has 1 amide bonds. The summed E-state index contributed by atoms with van der Waals surface area (Å²) in [5.74, 6) is -0.873. The number of esters is 1. The van der Waals surface area contributed by atoms with E-state index in [0.29, 0.717) is 0 Å². The minimum absolute atomic E-state index is 0.125. The third kappa shape index (κ3) is 3.56. The first kappa shape index (κ1) is 17.5. The molecule has 2 N–H and O–H groups in total. The molecule has 0 saturated heterocycles. The van der Waals surface area contributed by atoms with Crippen molar-refractivity contribution >= 4 is 33.5 Å². The SMILES string of the molecule is COC(=O)C1=C(Nc2cc(Br)cc(C)c2C)C(=O)N(CCO)C1. The van der Waals surface area contributed by atoms with Crippen molar-refractivity contribution in [3.8, 4) is 0 Å². The summed E-state index contributed by atoms with van der Waals surface area (Å²) in [5, 5.41) is 12.1. The molecule has 1 aliphatic rings. The highest BCUT2D eigenvalue weighted by molar-refractivity contribution is 9.10. The van der Waals surface area contributed by atoms with E-state index in [2.05, 4.69) is 21.2 Å². The van der Waals surface area contributed by atoms with E-state index >= 15 is 0 Å². The van der Waals surface area contributed by atoms with Crippen LogP contribution in [0.2, 0.25) is 0 Å². The lowest BCUT2D eigenvalue weighted by Gasteiger charge is -2.16. The van der Waals surface area contributed by atoms with Crippen LogP contribution in [0.4, 0.5) is 5.69 Å². The standard InChI is InChI=1S/C16H19BrN2O4/c1-9-6-11(17)7-13(10(9)2)18-14-12(16(22)23-3)8-19(4-5-20)15(14)21/h6-7,18,20H,4-5,8H2,1-3H3. The van der Waals surface area contributed by atoms with Gasteiger partial charge in [0.05, 0.1) is 25.8 Å². The fourth-order valence-corrected chi connectivity index (χ4v) is 3.00. The molecule has 1 aromatic carbocycles. The van der Waals surface area contributed by atoms with E-state index in [1.54, 1.807) is 0 Å². The Morgan fingerprint density at radius 2 is 2.13 bits per heavy atom. The molecule has 1 aromatic rings. The van der Waals surface area contributed by atoms with Crippen LogP contribution in [0.5, 0.6) is 0 Å². The van der Waals surface area contributed by atoms with Crippen molar-refractivity contribution in [3.05, 3.63) is 39.0 Å². The van der Waals surface area contributed by atoms with Crippen molar-refractivity contribution < 1.29 is 19.4 Å². The Hall–Kier alpha value is -1.86.